The van der Waals surface area contributed by atoms with Gasteiger partial charge in [0.1, 0.15) is 0 Å². The highest BCUT2D eigenvalue weighted by Crippen LogP contribution is 2.32. The van der Waals surface area contributed by atoms with Gasteiger partial charge in [-0.2, -0.15) is 0 Å². The number of carbonyl (C=O) groups is 1. The van der Waals surface area contributed by atoms with Crippen LogP contribution in [0.5, 0.6) is 0 Å². The standard InChI is InChI=1S/C18H21N3O/c19-10-15-11-21(12-17(15)13-4-2-1-3-5-13)18(22)14-6-8-16(20)9-7-14/h1-9,15,17H,10-12,19-20H2/t15-,17+/m1/s1. The van der Waals surface area contributed by atoms with Crippen molar-refractivity contribution in [2.24, 2.45) is 11.7 Å². The first kappa shape index (κ1) is 14.6. The van der Waals surface area contributed by atoms with Crippen LogP contribution in [0, 0.1) is 5.92 Å². The molecule has 2 atom stereocenters. The molecular formula is C18H21N3O. The van der Waals surface area contributed by atoms with Crippen LogP contribution in [0.1, 0.15) is 21.8 Å². The van der Waals surface area contributed by atoms with Gasteiger partial charge in [-0.05, 0) is 42.3 Å². The number of hydrogen-bond donors (Lipinski definition) is 2. The van der Waals surface area contributed by atoms with Crippen LogP contribution in [0.4, 0.5) is 5.69 Å². The molecule has 2 aromatic carbocycles. The Morgan fingerprint density at radius 1 is 1.05 bits per heavy atom. The summed E-state index contributed by atoms with van der Waals surface area (Å²) in [7, 11) is 0. The topological polar surface area (TPSA) is 72.3 Å². The molecule has 0 radical (unpaired) electrons. The van der Waals surface area contributed by atoms with Crippen LogP contribution < -0.4 is 11.5 Å². The molecule has 2 aromatic rings. The summed E-state index contributed by atoms with van der Waals surface area (Å²) in [4.78, 5) is 14.5. The van der Waals surface area contributed by atoms with E-state index in [1.807, 2.05) is 23.1 Å². The van der Waals surface area contributed by atoms with Gasteiger partial charge in [0.25, 0.3) is 5.91 Å². The molecule has 0 aliphatic carbocycles. The minimum Gasteiger partial charge on any atom is -0.399 e. The number of likely N-dealkylation sites (tertiary alicyclic amines) is 1. The van der Waals surface area contributed by atoms with Crippen LogP contribution in [-0.2, 0) is 0 Å². The molecule has 3 rings (SSSR count). The first-order valence-corrected chi connectivity index (χ1v) is 7.59. The second-order valence-electron chi connectivity index (χ2n) is 5.85. The maximum Gasteiger partial charge on any atom is 0.253 e. The number of nitrogen functional groups attached to an aromatic ring is 1. The lowest BCUT2D eigenvalue weighted by Gasteiger charge is -2.17. The van der Waals surface area contributed by atoms with Gasteiger partial charge in [0.05, 0.1) is 0 Å². The molecule has 0 unspecified atom stereocenters. The molecule has 1 fully saturated rings. The molecule has 1 saturated heterocycles. The summed E-state index contributed by atoms with van der Waals surface area (Å²) in [5.74, 6) is 0.668. The van der Waals surface area contributed by atoms with Crippen molar-refractivity contribution in [3.8, 4) is 0 Å². The predicted octanol–water partition coefficient (Wildman–Crippen LogP) is 2.08. The summed E-state index contributed by atoms with van der Waals surface area (Å²) in [5.41, 5.74) is 14.2. The Balaban J connectivity index is 1.79. The van der Waals surface area contributed by atoms with Crippen LogP contribution in [0.2, 0.25) is 0 Å². The zero-order chi connectivity index (χ0) is 15.5. The Bertz CT molecular complexity index is 639. The molecule has 0 saturated carbocycles. The van der Waals surface area contributed by atoms with Gasteiger partial charge >= 0.3 is 0 Å². The summed E-state index contributed by atoms with van der Waals surface area (Å²) in [6.07, 6.45) is 0. The van der Waals surface area contributed by atoms with Gasteiger partial charge in [-0.15, -0.1) is 0 Å². The summed E-state index contributed by atoms with van der Waals surface area (Å²) in [5, 5.41) is 0. The van der Waals surface area contributed by atoms with E-state index in [1.165, 1.54) is 5.56 Å². The smallest absolute Gasteiger partial charge is 0.253 e. The lowest BCUT2D eigenvalue weighted by atomic mass is 9.89. The first-order chi connectivity index (χ1) is 10.7. The van der Waals surface area contributed by atoms with Gasteiger partial charge in [-0.3, -0.25) is 4.79 Å². The Morgan fingerprint density at radius 3 is 2.36 bits per heavy atom. The summed E-state index contributed by atoms with van der Waals surface area (Å²) < 4.78 is 0. The summed E-state index contributed by atoms with van der Waals surface area (Å²) in [6.45, 7) is 2.01. The molecular weight excluding hydrogens is 274 g/mol. The van der Waals surface area contributed by atoms with Gasteiger partial charge in [0, 0.05) is 30.3 Å². The molecule has 114 valence electrons. The van der Waals surface area contributed by atoms with Crippen molar-refractivity contribution >= 4 is 11.6 Å². The largest absolute Gasteiger partial charge is 0.399 e. The number of benzene rings is 2. The molecule has 0 bridgehead atoms. The number of carbonyl (C=O) groups excluding carboxylic acids is 1. The predicted molar refractivity (Wildman–Crippen MR) is 88.5 cm³/mol. The monoisotopic (exact) mass is 295 g/mol. The van der Waals surface area contributed by atoms with E-state index in [9.17, 15) is 4.79 Å². The van der Waals surface area contributed by atoms with Crippen LogP contribution in [0.15, 0.2) is 54.6 Å². The lowest BCUT2D eigenvalue weighted by Crippen LogP contribution is -2.29. The number of amides is 1. The summed E-state index contributed by atoms with van der Waals surface area (Å²) in [6, 6.07) is 17.4. The lowest BCUT2D eigenvalue weighted by molar-refractivity contribution is 0.0786. The maximum absolute atomic E-state index is 12.6. The molecule has 4 heteroatoms. The maximum atomic E-state index is 12.6. The third-order valence-corrected chi connectivity index (χ3v) is 4.42. The van der Waals surface area contributed by atoms with Crippen molar-refractivity contribution in [2.45, 2.75) is 5.92 Å². The van der Waals surface area contributed by atoms with E-state index in [0.717, 1.165) is 6.54 Å². The Morgan fingerprint density at radius 2 is 1.73 bits per heavy atom. The Kier molecular flexibility index (Phi) is 4.11. The summed E-state index contributed by atoms with van der Waals surface area (Å²) >= 11 is 0. The fourth-order valence-corrected chi connectivity index (χ4v) is 3.16. The molecule has 1 aliphatic rings. The molecule has 1 aliphatic heterocycles. The zero-order valence-corrected chi connectivity index (χ0v) is 12.5. The molecule has 4 N–H and O–H groups in total. The number of nitrogens with zero attached hydrogens (tertiary/aromatic N) is 1. The highest BCUT2D eigenvalue weighted by molar-refractivity contribution is 5.94. The zero-order valence-electron chi connectivity index (χ0n) is 12.5. The third-order valence-electron chi connectivity index (χ3n) is 4.42. The number of anilines is 1. The quantitative estimate of drug-likeness (QED) is 0.852. The average Bonchev–Trinajstić information content (AvgIpc) is 3.00. The van der Waals surface area contributed by atoms with Crippen LogP contribution in [0.25, 0.3) is 0 Å². The van der Waals surface area contributed by atoms with Gasteiger partial charge in [-0.25, -0.2) is 0 Å². The van der Waals surface area contributed by atoms with E-state index < -0.39 is 0 Å². The molecule has 1 amide bonds. The number of hydrogen-bond acceptors (Lipinski definition) is 3. The van der Waals surface area contributed by atoms with Crippen molar-refractivity contribution in [1.82, 2.24) is 4.90 Å². The number of rotatable bonds is 3. The van der Waals surface area contributed by atoms with Crippen molar-refractivity contribution in [3.63, 3.8) is 0 Å². The van der Waals surface area contributed by atoms with Crippen molar-refractivity contribution in [3.05, 3.63) is 65.7 Å². The van der Waals surface area contributed by atoms with Crippen molar-refractivity contribution in [1.29, 1.82) is 0 Å². The third kappa shape index (κ3) is 2.83. The van der Waals surface area contributed by atoms with Crippen LogP contribution in [-0.4, -0.2) is 30.4 Å². The van der Waals surface area contributed by atoms with Crippen molar-refractivity contribution in [2.75, 3.05) is 25.4 Å². The molecule has 0 aromatic heterocycles. The fraction of sp³-hybridized carbons (Fsp3) is 0.278. The van der Waals surface area contributed by atoms with E-state index in [0.29, 0.717) is 36.2 Å². The second-order valence-corrected chi connectivity index (χ2v) is 5.85. The van der Waals surface area contributed by atoms with Gasteiger partial charge in [0.2, 0.25) is 0 Å². The minimum atomic E-state index is 0.0527. The van der Waals surface area contributed by atoms with E-state index in [2.05, 4.69) is 12.1 Å². The molecule has 1 heterocycles. The Hall–Kier alpha value is -2.33. The highest BCUT2D eigenvalue weighted by Gasteiger charge is 2.35. The van der Waals surface area contributed by atoms with E-state index >= 15 is 0 Å². The van der Waals surface area contributed by atoms with Gasteiger partial charge in [-0.1, -0.05) is 30.3 Å². The van der Waals surface area contributed by atoms with Gasteiger partial charge in [0.15, 0.2) is 0 Å². The van der Waals surface area contributed by atoms with E-state index in [1.54, 1.807) is 24.3 Å². The second kappa shape index (κ2) is 6.20. The van der Waals surface area contributed by atoms with E-state index in [-0.39, 0.29) is 5.91 Å². The molecule has 0 spiro atoms. The Labute approximate surface area is 130 Å². The highest BCUT2D eigenvalue weighted by atomic mass is 16.2. The molecule has 4 nitrogen and oxygen atoms in total. The fourth-order valence-electron chi connectivity index (χ4n) is 3.16. The normalized spacial score (nSPS) is 21.0. The van der Waals surface area contributed by atoms with Gasteiger partial charge < -0.3 is 16.4 Å². The SMILES string of the molecule is NC[C@@H]1CN(C(=O)c2ccc(N)cc2)C[C@H]1c1ccccc1. The first-order valence-electron chi connectivity index (χ1n) is 7.59. The van der Waals surface area contributed by atoms with E-state index in [4.69, 9.17) is 11.5 Å². The average molecular weight is 295 g/mol. The van der Waals surface area contributed by atoms with Crippen molar-refractivity contribution < 1.29 is 4.79 Å². The minimum absolute atomic E-state index is 0.0527. The van der Waals surface area contributed by atoms with Crippen LogP contribution in [0.3, 0.4) is 0 Å². The number of nitrogens with two attached hydrogens (primary N) is 2. The van der Waals surface area contributed by atoms with Crippen LogP contribution >= 0.6 is 0 Å². The molecule has 22 heavy (non-hydrogen) atoms.